The molecular formula is C13H18ClN3O. The van der Waals surface area contributed by atoms with Gasteiger partial charge in [0.05, 0.1) is 5.02 Å². The van der Waals surface area contributed by atoms with E-state index in [2.05, 4.69) is 10.6 Å². The van der Waals surface area contributed by atoms with E-state index in [1.807, 2.05) is 10.8 Å². The van der Waals surface area contributed by atoms with Crippen molar-refractivity contribution in [2.24, 2.45) is 0 Å². The van der Waals surface area contributed by atoms with Crippen LogP contribution < -0.4 is 10.6 Å². The van der Waals surface area contributed by atoms with Gasteiger partial charge in [0.25, 0.3) is 5.91 Å². The Labute approximate surface area is 112 Å². The highest BCUT2D eigenvalue weighted by atomic mass is 35.5. The first kappa shape index (κ1) is 12.1. The van der Waals surface area contributed by atoms with Crippen LogP contribution in [-0.2, 0) is 0 Å². The van der Waals surface area contributed by atoms with Gasteiger partial charge in [0.15, 0.2) is 0 Å². The van der Waals surface area contributed by atoms with E-state index < -0.39 is 0 Å². The Morgan fingerprint density at radius 1 is 1.50 bits per heavy atom. The molecule has 0 aromatic carbocycles. The summed E-state index contributed by atoms with van der Waals surface area (Å²) in [4.78, 5) is 12.1. The summed E-state index contributed by atoms with van der Waals surface area (Å²) in [6.07, 6.45) is 6.50. The van der Waals surface area contributed by atoms with E-state index in [1.165, 1.54) is 6.42 Å². The number of nitrogens with zero attached hydrogens (tertiary/aromatic N) is 1. The lowest BCUT2D eigenvalue weighted by atomic mass is 10.2. The number of aromatic nitrogens is 1. The predicted octanol–water partition coefficient (Wildman–Crippen LogP) is 1.96. The first-order valence-electron chi connectivity index (χ1n) is 6.63. The minimum absolute atomic E-state index is 0.0116. The van der Waals surface area contributed by atoms with Gasteiger partial charge in [0.2, 0.25) is 0 Å². The molecule has 2 heterocycles. The van der Waals surface area contributed by atoms with Gasteiger partial charge in [-0.25, -0.2) is 0 Å². The molecule has 1 unspecified atom stereocenters. The fourth-order valence-corrected chi connectivity index (χ4v) is 2.73. The number of rotatable bonds is 4. The molecule has 1 saturated carbocycles. The topological polar surface area (TPSA) is 46.1 Å². The number of nitrogens with one attached hydrogen (secondary N) is 2. The summed E-state index contributed by atoms with van der Waals surface area (Å²) in [5.74, 6) is -0.0116. The van der Waals surface area contributed by atoms with Crippen molar-refractivity contribution in [2.45, 2.75) is 37.8 Å². The van der Waals surface area contributed by atoms with Crippen molar-refractivity contribution in [3.8, 4) is 0 Å². The Morgan fingerprint density at radius 2 is 2.33 bits per heavy atom. The maximum Gasteiger partial charge on any atom is 0.268 e. The predicted molar refractivity (Wildman–Crippen MR) is 71.1 cm³/mol. The molecule has 98 valence electrons. The monoisotopic (exact) mass is 267 g/mol. The average Bonchev–Trinajstić information content (AvgIpc) is 2.92. The zero-order chi connectivity index (χ0) is 12.5. The third kappa shape index (κ3) is 2.54. The van der Waals surface area contributed by atoms with Crippen LogP contribution in [0.3, 0.4) is 0 Å². The van der Waals surface area contributed by atoms with Crippen molar-refractivity contribution in [3.05, 3.63) is 23.0 Å². The van der Waals surface area contributed by atoms with Crippen LogP contribution in [-0.4, -0.2) is 29.6 Å². The minimum atomic E-state index is -0.0116. The molecule has 18 heavy (non-hydrogen) atoms. The second-order valence-electron chi connectivity index (χ2n) is 5.19. The summed E-state index contributed by atoms with van der Waals surface area (Å²) < 4.78 is 2.01. The molecule has 0 spiro atoms. The Hall–Kier alpha value is -1.00. The van der Waals surface area contributed by atoms with Gasteiger partial charge in [-0.15, -0.1) is 0 Å². The van der Waals surface area contributed by atoms with E-state index in [0.717, 1.165) is 25.8 Å². The molecule has 2 aliphatic rings. The van der Waals surface area contributed by atoms with Crippen LogP contribution in [0.1, 0.15) is 42.2 Å². The quantitative estimate of drug-likeness (QED) is 0.876. The van der Waals surface area contributed by atoms with Gasteiger partial charge in [0, 0.05) is 24.8 Å². The first-order valence-corrected chi connectivity index (χ1v) is 7.01. The van der Waals surface area contributed by atoms with Crippen molar-refractivity contribution in [1.29, 1.82) is 0 Å². The van der Waals surface area contributed by atoms with Crippen LogP contribution in [0.2, 0.25) is 5.02 Å². The van der Waals surface area contributed by atoms with E-state index in [9.17, 15) is 4.79 Å². The van der Waals surface area contributed by atoms with Crippen LogP contribution in [0.4, 0.5) is 0 Å². The summed E-state index contributed by atoms with van der Waals surface area (Å²) in [7, 11) is 0. The van der Waals surface area contributed by atoms with E-state index in [0.29, 0.717) is 29.3 Å². The lowest BCUT2D eigenvalue weighted by Gasteiger charge is -2.12. The van der Waals surface area contributed by atoms with Gasteiger partial charge in [-0.2, -0.15) is 0 Å². The second kappa shape index (κ2) is 4.94. The molecule has 1 aromatic rings. The molecule has 2 fully saturated rings. The highest BCUT2D eigenvalue weighted by molar-refractivity contribution is 6.31. The number of amides is 1. The first-order chi connectivity index (χ1) is 8.74. The number of carbonyl (C=O) groups excluding carboxylic acids is 1. The molecule has 1 atom stereocenters. The van der Waals surface area contributed by atoms with Gasteiger partial charge in [-0.1, -0.05) is 11.6 Å². The van der Waals surface area contributed by atoms with Crippen molar-refractivity contribution < 1.29 is 4.79 Å². The van der Waals surface area contributed by atoms with E-state index in [4.69, 9.17) is 11.6 Å². The smallest absolute Gasteiger partial charge is 0.268 e. The van der Waals surface area contributed by atoms with Gasteiger partial charge < -0.3 is 15.2 Å². The van der Waals surface area contributed by atoms with Gasteiger partial charge in [0.1, 0.15) is 5.69 Å². The fourth-order valence-electron chi connectivity index (χ4n) is 2.52. The zero-order valence-electron chi connectivity index (χ0n) is 10.3. The van der Waals surface area contributed by atoms with Gasteiger partial charge in [-0.3, -0.25) is 4.79 Å². The normalized spacial score (nSPS) is 23.3. The van der Waals surface area contributed by atoms with E-state index in [1.54, 1.807) is 6.07 Å². The Morgan fingerprint density at radius 3 is 3.00 bits per heavy atom. The lowest BCUT2D eigenvalue weighted by molar-refractivity contribution is 0.0941. The number of carbonyl (C=O) groups is 1. The number of hydrogen-bond acceptors (Lipinski definition) is 2. The second-order valence-corrected chi connectivity index (χ2v) is 5.62. The van der Waals surface area contributed by atoms with Crippen molar-refractivity contribution in [2.75, 3.05) is 13.1 Å². The molecule has 1 aromatic heterocycles. The summed E-state index contributed by atoms with van der Waals surface area (Å²) in [6.45, 7) is 1.76. The van der Waals surface area contributed by atoms with Gasteiger partial charge >= 0.3 is 0 Å². The average molecular weight is 268 g/mol. The summed E-state index contributed by atoms with van der Waals surface area (Å²) in [5.41, 5.74) is 0.695. The van der Waals surface area contributed by atoms with Crippen LogP contribution in [0, 0.1) is 0 Å². The number of halogens is 1. The Bertz CT molecular complexity index is 447. The lowest BCUT2D eigenvalue weighted by Crippen LogP contribution is -2.37. The highest BCUT2D eigenvalue weighted by Crippen LogP contribution is 2.37. The SMILES string of the molecule is O=C(NCC1CCCN1)c1cc(Cl)cn1C1CC1. The summed E-state index contributed by atoms with van der Waals surface area (Å²) in [5, 5.41) is 7.01. The molecule has 1 aliphatic carbocycles. The molecule has 2 N–H and O–H groups in total. The fraction of sp³-hybridized carbons (Fsp3) is 0.615. The third-order valence-electron chi connectivity index (χ3n) is 3.66. The van der Waals surface area contributed by atoms with Crippen molar-refractivity contribution in [3.63, 3.8) is 0 Å². The molecule has 1 aliphatic heterocycles. The molecule has 1 saturated heterocycles. The van der Waals surface area contributed by atoms with Gasteiger partial charge in [-0.05, 0) is 38.3 Å². The largest absolute Gasteiger partial charge is 0.349 e. The maximum atomic E-state index is 12.1. The Balaban J connectivity index is 1.64. The third-order valence-corrected chi connectivity index (χ3v) is 3.87. The van der Waals surface area contributed by atoms with Crippen molar-refractivity contribution >= 4 is 17.5 Å². The number of hydrogen-bond donors (Lipinski definition) is 2. The molecule has 0 radical (unpaired) electrons. The van der Waals surface area contributed by atoms with E-state index >= 15 is 0 Å². The van der Waals surface area contributed by atoms with Crippen LogP contribution in [0.15, 0.2) is 12.3 Å². The molecule has 0 bridgehead atoms. The molecule has 5 heteroatoms. The minimum Gasteiger partial charge on any atom is -0.349 e. The van der Waals surface area contributed by atoms with E-state index in [-0.39, 0.29) is 5.91 Å². The Kier molecular flexibility index (Phi) is 3.31. The molecule has 3 rings (SSSR count). The van der Waals surface area contributed by atoms with Crippen LogP contribution in [0.25, 0.3) is 0 Å². The standard InChI is InChI=1S/C13H18ClN3O/c14-9-6-12(17(8-9)11-3-4-11)13(18)16-7-10-2-1-5-15-10/h6,8,10-11,15H,1-5,7H2,(H,16,18). The molecule has 4 nitrogen and oxygen atoms in total. The summed E-state index contributed by atoms with van der Waals surface area (Å²) >= 11 is 6.00. The van der Waals surface area contributed by atoms with Crippen LogP contribution in [0.5, 0.6) is 0 Å². The summed E-state index contributed by atoms with van der Waals surface area (Å²) in [6, 6.07) is 2.66. The maximum absolute atomic E-state index is 12.1. The zero-order valence-corrected chi connectivity index (χ0v) is 11.0. The molecule has 1 amide bonds. The van der Waals surface area contributed by atoms with Crippen molar-refractivity contribution in [1.82, 2.24) is 15.2 Å². The highest BCUT2D eigenvalue weighted by Gasteiger charge is 2.28. The van der Waals surface area contributed by atoms with Crippen LogP contribution >= 0.6 is 11.6 Å². The molecular weight excluding hydrogens is 250 g/mol.